The summed E-state index contributed by atoms with van der Waals surface area (Å²) < 4.78 is 0. The molecule has 0 saturated carbocycles. The fraction of sp³-hybridized carbons (Fsp3) is 1.00. The third-order valence-electron chi connectivity index (χ3n) is 1.48. The predicted octanol–water partition coefficient (Wildman–Crippen LogP) is 1.39. The summed E-state index contributed by atoms with van der Waals surface area (Å²) in [7, 11) is 0. The second kappa shape index (κ2) is 4.73. The molecule has 0 rings (SSSR count). The van der Waals surface area contributed by atoms with Gasteiger partial charge in [0.2, 0.25) is 0 Å². The van der Waals surface area contributed by atoms with Gasteiger partial charge in [0, 0.05) is 6.54 Å². The molecule has 0 saturated heterocycles. The highest BCUT2D eigenvalue weighted by Crippen LogP contribution is 2.20. The number of hydrogen-bond acceptors (Lipinski definition) is 2. The van der Waals surface area contributed by atoms with Crippen molar-refractivity contribution in [1.29, 1.82) is 0 Å². The van der Waals surface area contributed by atoms with Crippen molar-refractivity contribution in [3.05, 3.63) is 0 Å². The standard InChI is InChI=1S/C9H21NO/c1-5-10-7-8(11)6-9(2,3)4/h8,10-11H,5-7H2,1-4H3. The van der Waals surface area contributed by atoms with Crippen LogP contribution in [0.1, 0.15) is 34.1 Å². The van der Waals surface area contributed by atoms with Crippen LogP contribution >= 0.6 is 0 Å². The van der Waals surface area contributed by atoms with Gasteiger partial charge >= 0.3 is 0 Å². The Morgan fingerprint density at radius 3 is 2.27 bits per heavy atom. The Hall–Kier alpha value is -0.0800. The summed E-state index contributed by atoms with van der Waals surface area (Å²) in [5.74, 6) is 0. The number of aliphatic hydroxyl groups is 1. The fourth-order valence-electron chi connectivity index (χ4n) is 1.09. The number of aliphatic hydroxyl groups excluding tert-OH is 1. The van der Waals surface area contributed by atoms with E-state index in [1.807, 2.05) is 6.92 Å². The van der Waals surface area contributed by atoms with Crippen LogP contribution in [0.4, 0.5) is 0 Å². The van der Waals surface area contributed by atoms with Gasteiger partial charge < -0.3 is 10.4 Å². The summed E-state index contributed by atoms with van der Waals surface area (Å²) >= 11 is 0. The molecule has 0 spiro atoms. The number of rotatable bonds is 4. The fourth-order valence-corrected chi connectivity index (χ4v) is 1.09. The van der Waals surface area contributed by atoms with Crippen LogP contribution in [0.3, 0.4) is 0 Å². The maximum atomic E-state index is 9.45. The van der Waals surface area contributed by atoms with Crippen LogP contribution in [-0.2, 0) is 0 Å². The van der Waals surface area contributed by atoms with Gasteiger partial charge in [-0.05, 0) is 18.4 Å². The van der Waals surface area contributed by atoms with Crippen molar-refractivity contribution in [1.82, 2.24) is 5.32 Å². The monoisotopic (exact) mass is 159 g/mol. The van der Waals surface area contributed by atoms with Gasteiger partial charge in [-0.25, -0.2) is 0 Å². The van der Waals surface area contributed by atoms with E-state index in [1.165, 1.54) is 0 Å². The van der Waals surface area contributed by atoms with Crippen molar-refractivity contribution in [2.75, 3.05) is 13.1 Å². The van der Waals surface area contributed by atoms with Crippen molar-refractivity contribution in [2.24, 2.45) is 5.41 Å². The Morgan fingerprint density at radius 2 is 1.91 bits per heavy atom. The third-order valence-corrected chi connectivity index (χ3v) is 1.48. The molecule has 2 heteroatoms. The van der Waals surface area contributed by atoms with Crippen LogP contribution in [0, 0.1) is 5.41 Å². The molecule has 0 radical (unpaired) electrons. The van der Waals surface area contributed by atoms with E-state index in [4.69, 9.17) is 0 Å². The maximum absolute atomic E-state index is 9.45. The highest BCUT2D eigenvalue weighted by atomic mass is 16.3. The molecule has 0 fully saturated rings. The third kappa shape index (κ3) is 7.82. The van der Waals surface area contributed by atoms with Crippen LogP contribution in [0.5, 0.6) is 0 Å². The van der Waals surface area contributed by atoms with Crippen molar-refractivity contribution >= 4 is 0 Å². The lowest BCUT2D eigenvalue weighted by Crippen LogP contribution is -2.29. The molecule has 0 heterocycles. The second-order valence-electron chi connectivity index (χ2n) is 4.23. The summed E-state index contributed by atoms with van der Waals surface area (Å²) in [5.41, 5.74) is 0.231. The first-order chi connectivity index (χ1) is 4.95. The Kier molecular flexibility index (Phi) is 4.69. The summed E-state index contributed by atoms with van der Waals surface area (Å²) in [4.78, 5) is 0. The van der Waals surface area contributed by atoms with E-state index < -0.39 is 0 Å². The van der Waals surface area contributed by atoms with Gasteiger partial charge in [0.05, 0.1) is 6.10 Å². The van der Waals surface area contributed by atoms with Gasteiger partial charge in [-0.1, -0.05) is 27.7 Å². The Bertz CT molecular complexity index is 96.2. The van der Waals surface area contributed by atoms with E-state index >= 15 is 0 Å². The lowest BCUT2D eigenvalue weighted by molar-refractivity contribution is 0.120. The molecule has 0 aliphatic heterocycles. The van der Waals surface area contributed by atoms with Gasteiger partial charge in [0.1, 0.15) is 0 Å². The normalized spacial score (nSPS) is 15.0. The first-order valence-corrected chi connectivity index (χ1v) is 4.34. The van der Waals surface area contributed by atoms with Crippen molar-refractivity contribution in [3.8, 4) is 0 Å². The first-order valence-electron chi connectivity index (χ1n) is 4.34. The molecular formula is C9H21NO. The Morgan fingerprint density at radius 1 is 1.36 bits per heavy atom. The summed E-state index contributed by atoms with van der Waals surface area (Å²) in [6.45, 7) is 10.1. The molecule has 1 unspecified atom stereocenters. The highest BCUT2D eigenvalue weighted by molar-refractivity contribution is 4.69. The molecule has 0 aliphatic carbocycles. The van der Waals surface area contributed by atoms with E-state index in [2.05, 4.69) is 26.1 Å². The molecule has 0 amide bonds. The summed E-state index contributed by atoms with van der Waals surface area (Å²) in [5, 5.41) is 12.6. The Labute approximate surface area is 70.0 Å². The van der Waals surface area contributed by atoms with Crippen molar-refractivity contribution in [3.63, 3.8) is 0 Å². The van der Waals surface area contributed by atoms with E-state index in [0.29, 0.717) is 6.54 Å². The Balaban J connectivity index is 3.44. The zero-order valence-electron chi connectivity index (χ0n) is 8.15. The zero-order chi connectivity index (χ0) is 8.91. The van der Waals surface area contributed by atoms with Gasteiger partial charge in [-0.15, -0.1) is 0 Å². The lowest BCUT2D eigenvalue weighted by Gasteiger charge is -2.22. The number of likely N-dealkylation sites (N-methyl/N-ethyl adjacent to an activating group) is 1. The second-order valence-corrected chi connectivity index (χ2v) is 4.23. The molecule has 0 aromatic heterocycles. The zero-order valence-corrected chi connectivity index (χ0v) is 8.15. The molecule has 0 aliphatic rings. The smallest absolute Gasteiger partial charge is 0.0669 e. The maximum Gasteiger partial charge on any atom is 0.0669 e. The minimum Gasteiger partial charge on any atom is -0.392 e. The predicted molar refractivity (Wildman–Crippen MR) is 48.6 cm³/mol. The average molecular weight is 159 g/mol. The number of hydrogen-bond donors (Lipinski definition) is 2. The molecule has 0 aromatic rings. The number of nitrogens with one attached hydrogen (secondary N) is 1. The largest absolute Gasteiger partial charge is 0.392 e. The molecule has 1 atom stereocenters. The minimum absolute atomic E-state index is 0.199. The summed E-state index contributed by atoms with van der Waals surface area (Å²) in [6.07, 6.45) is 0.662. The van der Waals surface area contributed by atoms with E-state index in [9.17, 15) is 5.11 Å². The topological polar surface area (TPSA) is 32.3 Å². The molecule has 68 valence electrons. The van der Waals surface area contributed by atoms with E-state index in [-0.39, 0.29) is 11.5 Å². The van der Waals surface area contributed by atoms with Crippen LogP contribution in [0.25, 0.3) is 0 Å². The van der Waals surface area contributed by atoms with Gasteiger partial charge in [0.15, 0.2) is 0 Å². The average Bonchev–Trinajstić information content (AvgIpc) is 1.79. The molecular weight excluding hydrogens is 138 g/mol. The van der Waals surface area contributed by atoms with Crippen LogP contribution in [-0.4, -0.2) is 24.3 Å². The lowest BCUT2D eigenvalue weighted by atomic mass is 9.89. The van der Waals surface area contributed by atoms with Crippen molar-refractivity contribution < 1.29 is 5.11 Å². The van der Waals surface area contributed by atoms with Crippen LogP contribution in [0.15, 0.2) is 0 Å². The molecule has 11 heavy (non-hydrogen) atoms. The molecule has 0 aromatic carbocycles. The first kappa shape index (κ1) is 10.9. The van der Waals surface area contributed by atoms with Gasteiger partial charge in [-0.2, -0.15) is 0 Å². The molecule has 2 nitrogen and oxygen atoms in total. The highest BCUT2D eigenvalue weighted by Gasteiger charge is 2.15. The van der Waals surface area contributed by atoms with Gasteiger partial charge in [-0.3, -0.25) is 0 Å². The SMILES string of the molecule is CCNCC(O)CC(C)(C)C. The van der Waals surface area contributed by atoms with E-state index in [1.54, 1.807) is 0 Å². The van der Waals surface area contributed by atoms with E-state index in [0.717, 1.165) is 13.0 Å². The minimum atomic E-state index is -0.199. The molecule has 2 N–H and O–H groups in total. The van der Waals surface area contributed by atoms with Gasteiger partial charge in [0.25, 0.3) is 0 Å². The quantitative estimate of drug-likeness (QED) is 0.649. The van der Waals surface area contributed by atoms with Crippen LogP contribution in [0.2, 0.25) is 0 Å². The summed E-state index contributed by atoms with van der Waals surface area (Å²) in [6, 6.07) is 0. The van der Waals surface area contributed by atoms with Crippen molar-refractivity contribution in [2.45, 2.75) is 40.2 Å². The van der Waals surface area contributed by atoms with Crippen LogP contribution < -0.4 is 5.32 Å². The molecule has 0 bridgehead atoms.